The first-order valence-corrected chi connectivity index (χ1v) is 11.9. The van der Waals surface area contributed by atoms with Crippen molar-refractivity contribution in [1.82, 2.24) is 13.9 Å². The molecule has 0 aliphatic heterocycles. The van der Waals surface area contributed by atoms with Crippen LogP contribution in [-0.2, 0) is 37.8 Å². The zero-order valence-electron chi connectivity index (χ0n) is 19.3. The van der Waals surface area contributed by atoms with E-state index in [0.717, 1.165) is 9.82 Å². The molecule has 10 nitrogen and oxygen atoms in total. The number of rotatable bonds is 8. The van der Waals surface area contributed by atoms with E-state index in [0.29, 0.717) is 22.6 Å². The number of esters is 1. The van der Waals surface area contributed by atoms with Crippen molar-refractivity contribution < 1.29 is 22.7 Å². The molecule has 0 saturated carbocycles. The van der Waals surface area contributed by atoms with E-state index < -0.39 is 28.0 Å². The Labute approximate surface area is 197 Å². The van der Waals surface area contributed by atoms with E-state index in [1.807, 2.05) is 6.07 Å². The van der Waals surface area contributed by atoms with Crippen LogP contribution in [0.25, 0.3) is 11.0 Å². The van der Waals surface area contributed by atoms with Gasteiger partial charge in [0, 0.05) is 33.3 Å². The van der Waals surface area contributed by atoms with Gasteiger partial charge in [-0.2, -0.15) is 5.26 Å². The van der Waals surface area contributed by atoms with Crippen LogP contribution in [0.15, 0.2) is 47.4 Å². The van der Waals surface area contributed by atoms with Crippen LogP contribution in [0.3, 0.4) is 0 Å². The summed E-state index contributed by atoms with van der Waals surface area (Å²) in [5, 5.41) is 11.5. The highest BCUT2D eigenvalue weighted by Crippen LogP contribution is 2.22. The number of imidazole rings is 1. The lowest BCUT2D eigenvalue weighted by Crippen LogP contribution is -2.30. The SMILES string of the molecule is C[C@@H](OC(=O)CCc1nc2cc(S(=O)(=O)N(C)C)ccc2n1C)C(=O)Nc1ccc(C#N)cc1. The van der Waals surface area contributed by atoms with Gasteiger partial charge in [-0.05, 0) is 49.4 Å². The highest BCUT2D eigenvalue weighted by molar-refractivity contribution is 7.89. The molecule has 0 aliphatic carbocycles. The van der Waals surface area contributed by atoms with E-state index in [4.69, 9.17) is 10.00 Å². The van der Waals surface area contributed by atoms with Gasteiger partial charge < -0.3 is 14.6 Å². The van der Waals surface area contributed by atoms with Gasteiger partial charge >= 0.3 is 5.97 Å². The molecule has 3 aromatic rings. The van der Waals surface area contributed by atoms with E-state index in [-0.39, 0.29) is 17.7 Å². The number of carbonyl (C=O) groups is 2. The second kappa shape index (κ2) is 10.0. The van der Waals surface area contributed by atoms with Crippen LogP contribution >= 0.6 is 0 Å². The molecule has 1 aromatic heterocycles. The molecule has 178 valence electrons. The first kappa shape index (κ1) is 24.9. The van der Waals surface area contributed by atoms with Crippen LogP contribution in [0, 0.1) is 11.3 Å². The van der Waals surface area contributed by atoms with Crippen molar-refractivity contribution in [1.29, 1.82) is 5.26 Å². The molecular weight excluding hydrogens is 458 g/mol. The summed E-state index contributed by atoms with van der Waals surface area (Å²) in [6, 6.07) is 13.0. The van der Waals surface area contributed by atoms with Crippen LogP contribution in [0.5, 0.6) is 0 Å². The standard InChI is InChI=1S/C23H25N5O5S/c1-15(23(30)25-17-7-5-16(14-24)6-8-17)33-22(29)12-11-21-26-19-13-18(34(31,32)27(2)3)9-10-20(19)28(21)4/h5-10,13,15H,11-12H2,1-4H3,(H,25,30)/t15-/m1/s1. The Balaban J connectivity index is 1.61. The van der Waals surface area contributed by atoms with E-state index in [9.17, 15) is 18.0 Å². The number of hydrogen-bond acceptors (Lipinski definition) is 7. The Kier molecular flexibility index (Phi) is 7.34. The average Bonchev–Trinajstić information content (AvgIpc) is 3.12. The van der Waals surface area contributed by atoms with Gasteiger partial charge in [0.15, 0.2) is 6.10 Å². The highest BCUT2D eigenvalue weighted by Gasteiger charge is 2.21. The molecule has 0 saturated heterocycles. The molecule has 0 spiro atoms. The summed E-state index contributed by atoms with van der Waals surface area (Å²) in [6.45, 7) is 1.47. The van der Waals surface area contributed by atoms with Crippen molar-refractivity contribution in [2.75, 3.05) is 19.4 Å². The topological polar surface area (TPSA) is 134 Å². The lowest BCUT2D eigenvalue weighted by molar-refractivity contribution is -0.153. The van der Waals surface area contributed by atoms with Crippen LogP contribution in [0.4, 0.5) is 5.69 Å². The van der Waals surface area contributed by atoms with Crippen LogP contribution in [0.1, 0.15) is 24.7 Å². The van der Waals surface area contributed by atoms with Crippen LogP contribution in [-0.4, -0.2) is 54.3 Å². The first-order chi connectivity index (χ1) is 16.0. The summed E-state index contributed by atoms with van der Waals surface area (Å²) >= 11 is 0. The number of nitrogens with one attached hydrogen (secondary N) is 1. The predicted molar refractivity (Wildman–Crippen MR) is 125 cm³/mol. The summed E-state index contributed by atoms with van der Waals surface area (Å²) in [4.78, 5) is 29.2. The first-order valence-electron chi connectivity index (χ1n) is 10.4. The predicted octanol–water partition coefficient (Wildman–Crippen LogP) is 2.20. The molecule has 11 heteroatoms. The van der Waals surface area contributed by atoms with Crippen LogP contribution < -0.4 is 5.32 Å². The second-order valence-electron chi connectivity index (χ2n) is 7.84. The van der Waals surface area contributed by atoms with E-state index >= 15 is 0 Å². The number of aryl methyl sites for hydroxylation is 2. The van der Waals surface area contributed by atoms with Gasteiger partial charge in [-0.25, -0.2) is 17.7 Å². The van der Waals surface area contributed by atoms with Gasteiger partial charge in [-0.3, -0.25) is 9.59 Å². The van der Waals surface area contributed by atoms with E-state index in [2.05, 4.69) is 10.3 Å². The number of anilines is 1. The number of fused-ring (bicyclic) bond motifs is 1. The van der Waals surface area contributed by atoms with Crippen molar-refractivity contribution in [3.05, 3.63) is 53.9 Å². The van der Waals surface area contributed by atoms with Crippen molar-refractivity contribution in [2.24, 2.45) is 7.05 Å². The fourth-order valence-electron chi connectivity index (χ4n) is 3.22. The Morgan fingerprint density at radius 1 is 1.21 bits per heavy atom. The molecule has 1 N–H and O–H groups in total. The smallest absolute Gasteiger partial charge is 0.307 e. The Bertz CT molecular complexity index is 1370. The Hall–Kier alpha value is -3.75. The minimum Gasteiger partial charge on any atom is -0.453 e. The third-order valence-corrected chi connectivity index (χ3v) is 7.05. The number of nitrogens with zero attached hydrogens (tertiary/aromatic N) is 4. The van der Waals surface area contributed by atoms with Gasteiger partial charge in [-0.15, -0.1) is 0 Å². The molecule has 0 bridgehead atoms. The molecule has 1 heterocycles. The normalized spacial score (nSPS) is 12.4. The minimum atomic E-state index is -3.59. The van der Waals surface area contributed by atoms with Gasteiger partial charge in [-0.1, -0.05) is 0 Å². The number of sulfonamides is 1. The van der Waals surface area contributed by atoms with Crippen LogP contribution in [0.2, 0.25) is 0 Å². The lowest BCUT2D eigenvalue weighted by Gasteiger charge is -2.13. The number of carbonyl (C=O) groups excluding carboxylic acids is 2. The molecule has 2 aromatic carbocycles. The zero-order chi connectivity index (χ0) is 25.0. The summed E-state index contributed by atoms with van der Waals surface area (Å²) < 4.78 is 32.9. The van der Waals surface area contributed by atoms with E-state index in [1.165, 1.54) is 33.2 Å². The van der Waals surface area contributed by atoms with Gasteiger partial charge in [0.1, 0.15) is 5.82 Å². The maximum Gasteiger partial charge on any atom is 0.307 e. The molecular formula is C23H25N5O5S. The number of hydrogen-bond donors (Lipinski definition) is 1. The molecule has 0 radical (unpaired) electrons. The fourth-order valence-corrected chi connectivity index (χ4v) is 4.14. The lowest BCUT2D eigenvalue weighted by atomic mass is 10.2. The molecule has 1 amide bonds. The van der Waals surface area contributed by atoms with Crippen molar-refractivity contribution in [2.45, 2.75) is 30.8 Å². The Morgan fingerprint density at radius 2 is 1.88 bits per heavy atom. The van der Waals surface area contributed by atoms with Gasteiger partial charge in [0.05, 0.1) is 34.0 Å². The number of benzene rings is 2. The fraction of sp³-hybridized carbons (Fsp3) is 0.304. The summed E-state index contributed by atoms with van der Waals surface area (Å²) in [6.07, 6.45) is -0.763. The average molecular weight is 484 g/mol. The van der Waals surface area contributed by atoms with Crippen molar-refractivity contribution >= 4 is 38.6 Å². The van der Waals surface area contributed by atoms with Crippen molar-refractivity contribution in [3.8, 4) is 6.07 Å². The minimum absolute atomic E-state index is 0.00545. The molecule has 0 fully saturated rings. The molecule has 0 aliphatic rings. The van der Waals surface area contributed by atoms with E-state index in [1.54, 1.807) is 41.9 Å². The second-order valence-corrected chi connectivity index (χ2v) is 9.99. The Morgan fingerprint density at radius 3 is 2.50 bits per heavy atom. The molecule has 3 rings (SSSR count). The quantitative estimate of drug-likeness (QED) is 0.485. The summed E-state index contributed by atoms with van der Waals surface area (Å²) in [5.41, 5.74) is 2.19. The van der Waals surface area contributed by atoms with Gasteiger partial charge in [0.2, 0.25) is 10.0 Å². The zero-order valence-corrected chi connectivity index (χ0v) is 20.1. The number of aromatic nitrogens is 2. The van der Waals surface area contributed by atoms with Crippen molar-refractivity contribution in [3.63, 3.8) is 0 Å². The molecule has 34 heavy (non-hydrogen) atoms. The molecule has 0 unspecified atom stereocenters. The summed E-state index contributed by atoms with van der Waals surface area (Å²) in [7, 11) is 1.11. The number of ether oxygens (including phenoxy) is 1. The third-order valence-electron chi connectivity index (χ3n) is 5.24. The maximum atomic E-state index is 12.4. The third kappa shape index (κ3) is 5.41. The number of amides is 1. The maximum absolute atomic E-state index is 12.4. The monoisotopic (exact) mass is 483 g/mol. The van der Waals surface area contributed by atoms with Gasteiger partial charge in [0.25, 0.3) is 5.91 Å². The number of nitriles is 1. The largest absolute Gasteiger partial charge is 0.453 e. The molecule has 1 atom stereocenters. The summed E-state index contributed by atoms with van der Waals surface area (Å²) in [5.74, 6) is -0.470. The highest BCUT2D eigenvalue weighted by atomic mass is 32.2.